The average molecular weight is 292 g/mol. The third-order valence-electron chi connectivity index (χ3n) is 2.95. The van der Waals surface area contributed by atoms with E-state index in [4.69, 9.17) is 16.3 Å². The molecular weight excluding hydrogens is 278 g/mol. The summed E-state index contributed by atoms with van der Waals surface area (Å²) in [7, 11) is 1.53. The van der Waals surface area contributed by atoms with Crippen LogP contribution in [0.1, 0.15) is 17.2 Å². The number of methoxy groups -OCH3 is 1. The number of ether oxygens (including phenoxy) is 1. The van der Waals surface area contributed by atoms with Crippen molar-refractivity contribution in [1.82, 2.24) is 4.98 Å². The Hall–Kier alpha value is -2.07. The summed E-state index contributed by atoms with van der Waals surface area (Å²) in [5, 5.41) is 9.92. The Kier molecular flexibility index (Phi) is 4.58. The molecule has 0 amide bonds. The molecule has 5 heteroatoms. The number of aromatic nitrogens is 1. The molecular formula is C15H14ClNO3. The molecule has 1 aromatic heterocycles. The summed E-state index contributed by atoms with van der Waals surface area (Å²) in [6.07, 6.45) is 0.285. The van der Waals surface area contributed by atoms with Crippen molar-refractivity contribution in [3.8, 4) is 5.88 Å². The number of aliphatic carboxylic acids is 1. The normalized spacial score (nSPS) is 11.9. The van der Waals surface area contributed by atoms with E-state index in [1.165, 1.54) is 7.11 Å². The molecule has 2 aromatic rings. The highest BCUT2D eigenvalue weighted by molar-refractivity contribution is 6.30. The van der Waals surface area contributed by atoms with Gasteiger partial charge in [0.2, 0.25) is 5.88 Å². The summed E-state index contributed by atoms with van der Waals surface area (Å²) in [4.78, 5) is 15.7. The van der Waals surface area contributed by atoms with Gasteiger partial charge in [-0.3, -0.25) is 4.79 Å². The van der Waals surface area contributed by atoms with E-state index in [1.54, 1.807) is 42.5 Å². The molecule has 0 radical (unpaired) electrons. The first-order valence-electron chi connectivity index (χ1n) is 6.08. The van der Waals surface area contributed by atoms with Gasteiger partial charge in [0.05, 0.1) is 13.0 Å². The third-order valence-corrected chi connectivity index (χ3v) is 3.19. The summed E-state index contributed by atoms with van der Waals surface area (Å²) in [6.45, 7) is 0. The molecule has 1 unspecified atom stereocenters. The number of carbonyl (C=O) groups is 1. The maximum atomic E-state index is 11.5. The second-order valence-electron chi connectivity index (χ2n) is 4.32. The van der Waals surface area contributed by atoms with Gasteiger partial charge in [0.25, 0.3) is 0 Å². The van der Waals surface area contributed by atoms with Crippen LogP contribution >= 0.6 is 11.6 Å². The molecule has 0 aliphatic carbocycles. The molecule has 0 fully saturated rings. The van der Waals surface area contributed by atoms with Gasteiger partial charge in [0.1, 0.15) is 0 Å². The lowest BCUT2D eigenvalue weighted by molar-refractivity contribution is -0.138. The minimum atomic E-state index is -0.906. The zero-order valence-corrected chi connectivity index (χ0v) is 11.7. The number of carboxylic acid groups (broad SMARTS) is 1. The van der Waals surface area contributed by atoms with E-state index in [9.17, 15) is 9.90 Å². The summed E-state index contributed by atoms with van der Waals surface area (Å²) in [5.41, 5.74) is 1.33. The number of pyridine rings is 1. The fourth-order valence-corrected chi connectivity index (χ4v) is 2.16. The minimum Gasteiger partial charge on any atom is -0.481 e. The first kappa shape index (κ1) is 14.3. The number of hydrogen-bond acceptors (Lipinski definition) is 3. The molecule has 1 atom stereocenters. The van der Waals surface area contributed by atoms with Crippen LogP contribution in [0.2, 0.25) is 5.02 Å². The molecule has 1 N–H and O–H groups in total. The SMILES string of the molecule is COc1cccc(CC(C(=O)O)c2cccc(Cl)c2)n1. The van der Waals surface area contributed by atoms with Gasteiger partial charge in [-0.1, -0.05) is 29.8 Å². The molecule has 20 heavy (non-hydrogen) atoms. The Labute approximate surface area is 122 Å². The number of halogens is 1. The number of carboxylic acids is 1. The van der Waals surface area contributed by atoms with Gasteiger partial charge in [-0.15, -0.1) is 0 Å². The molecule has 1 heterocycles. The van der Waals surface area contributed by atoms with Crippen LogP contribution in [0, 0.1) is 0 Å². The fraction of sp³-hybridized carbons (Fsp3) is 0.200. The van der Waals surface area contributed by atoms with Crippen LogP contribution in [0.15, 0.2) is 42.5 Å². The Balaban J connectivity index is 2.28. The molecule has 0 spiro atoms. The molecule has 2 rings (SSSR count). The minimum absolute atomic E-state index is 0.285. The van der Waals surface area contributed by atoms with Crippen LogP contribution in [0.4, 0.5) is 0 Å². The average Bonchev–Trinajstić information content (AvgIpc) is 2.44. The number of hydrogen-bond donors (Lipinski definition) is 1. The van der Waals surface area contributed by atoms with Gasteiger partial charge in [-0.2, -0.15) is 0 Å². The first-order valence-corrected chi connectivity index (χ1v) is 6.46. The van der Waals surface area contributed by atoms with Gasteiger partial charge < -0.3 is 9.84 Å². The van der Waals surface area contributed by atoms with E-state index in [0.717, 1.165) is 0 Å². The first-order chi connectivity index (χ1) is 9.60. The lowest BCUT2D eigenvalue weighted by Crippen LogP contribution is -2.15. The van der Waals surface area contributed by atoms with Crippen molar-refractivity contribution < 1.29 is 14.6 Å². The molecule has 0 saturated carbocycles. The Bertz CT molecular complexity index is 616. The van der Waals surface area contributed by atoms with Crippen LogP contribution < -0.4 is 4.74 Å². The van der Waals surface area contributed by atoms with E-state index >= 15 is 0 Å². The summed E-state index contributed by atoms with van der Waals surface area (Å²) >= 11 is 5.92. The van der Waals surface area contributed by atoms with Gasteiger partial charge in [0, 0.05) is 23.2 Å². The van der Waals surface area contributed by atoms with Gasteiger partial charge in [-0.25, -0.2) is 4.98 Å². The highest BCUT2D eigenvalue weighted by atomic mass is 35.5. The van der Waals surface area contributed by atoms with Crippen molar-refractivity contribution in [2.24, 2.45) is 0 Å². The van der Waals surface area contributed by atoms with Crippen molar-refractivity contribution in [2.75, 3.05) is 7.11 Å². The number of nitrogens with zero attached hydrogens (tertiary/aromatic N) is 1. The van der Waals surface area contributed by atoms with E-state index in [2.05, 4.69) is 4.98 Å². The maximum Gasteiger partial charge on any atom is 0.311 e. The third kappa shape index (κ3) is 3.48. The zero-order chi connectivity index (χ0) is 14.5. The van der Waals surface area contributed by atoms with Crippen LogP contribution in [0.5, 0.6) is 5.88 Å². The van der Waals surface area contributed by atoms with Crippen molar-refractivity contribution in [3.05, 3.63) is 58.7 Å². The largest absolute Gasteiger partial charge is 0.481 e. The smallest absolute Gasteiger partial charge is 0.311 e. The topological polar surface area (TPSA) is 59.4 Å². The van der Waals surface area contributed by atoms with Crippen molar-refractivity contribution >= 4 is 17.6 Å². The van der Waals surface area contributed by atoms with Crippen molar-refractivity contribution in [3.63, 3.8) is 0 Å². The van der Waals surface area contributed by atoms with E-state index in [-0.39, 0.29) is 6.42 Å². The standard InChI is InChI=1S/C15H14ClNO3/c1-20-14-7-3-6-12(17-14)9-13(15(18)19)10-4-2-5-11(16)8-10/h2-8,13H,9H2,1H3,(H,18,19). The molecule has 0 aliphatic rings. The van der Waals surface area contributed by atoms with Gasteiger partial charge >= 0.3 is 5.97 Å². The Morgan fingerprint density at radius 3 is 2.75 bits per heavy atom. The van der Waals surface area contributed by atoms with Crippen LogP contribution in [0.3, 0.4) is 0 Å². The van der Waals surface area contributed by atoms with Gasteiger partial charge in [-0.05, 0) is 23.8 Å². The Morgan fingerprint density at radius 1 is 1.35 bits per heavy atom. The quantitative estimate of drug-likeness (QED) is 0.919. The molecule has 0 aliphatic heterocycles. The van der Waals surface area contributed by atoms with E-state index < -0.39 is 11.9 Å². The number of rotatable bonds is 5. The van der Waals surface area contributed by atoms with Gasteiger partial charge in [0.15, 0.2) is 0 Å². The predicted octanol–water partition coefficient (Wildman–Crippen LogP) is 3.15. The molecule has 4 nitrogen and oxygen atoms in total. The van der Waals surface area contributed by atoms with E-state index in [1.807, 2.05) is 0 Å². The zero-order valence-electron chi connectivity index (χ0n) is 10.9. The lowest BCUT2D eigenvalue weighted by Gasteiger charge is -2.13. The highest BCUT2D eigenvalue weighted by Crippen LogP contribution is 2.24. The lowest BCUT2D eigenvalue weighted by atomic mass is 9.94. The maximum absolute atomic E-state index is 11.5. The summed E-state index contributed by atoms with van der Waals surface area (Å²) in [6, 6.07) is 12.2. The van der Waals surface area contributed by atoms with Crippen LogP contribution in [-0.4, -0.2) is 23.2 Å². The predicted molar refractivity (Wildman–Crippen MR) is 76.3 cm³/mol. The molecule has 0 saturated heterocycles. The molecule has 0 bridgehead atoms. The second-order valence-corrected chi connectivity index (χ2v) is 4.76. The summed E-state index contributed by atoms with van der Waals surface area (Å²) < 4.78 is 5.04. The second kappa shape index (κ2) is 6.39. The number of benzene rings is 1. The van der Waals surface area contributed by atoms with Crippen molar-refractivity contribution in [2.45, 2.75) is 12.3 Å². The monoisotopic (exact) mass is 291 g/mol. The molecule has 1 aromatic carbocycles. The highest BCUT2D eigenvalue weighted by Gasteiger charge is 2.21. The van der Waals surface area contributed by atoms with Crippen molar-refractivity contribution in [1.29, 1.82) is 0 Å². The Morgan fingerprint density at radius 2 is 2.10 bits per heavy atom. The van der Waals surface area contributed by atoms with E-state index in [0.29, 0.717) is 22.2 Å². The van der Waals surface area contributed by atoms with Crippen LogP contribution in [-0.2, 0) is 11.2 Å². The fourth-order valence-electron chi connectivity index (χ4n) is 1.97. The summed E-state index contributed by atoms with van der Waals surface area (Å²) in [5.74, 6) is -1.12. The van der Waals surface area contributed by atoms with Crippen LogP contribution in [0.25, 0.3) is 0 Å². The molecule has 104 valence electrons.